The summed E-state index contributed by atoms with van der Waals surface area (Å²) in [6, 6.07) is 5.11. The zero-order valence-electron chi connectivity index (χ0n) is 10.8. The van der Waals surface area contributed by atoms with Crippen LogP contribution >= 0.6 is 11.6 Å². The maximum Gasteiger partial charge on any atom is 0.124 e. The van der Waals surface area contributed by atoms with Crippen molar-refractivity contribution in [3.8, 4) is 0 Å². The third-order valence-corrected chi connectivity index (χ3v) is 3.61. The minimum absolute atomic E-state index is 0.272. The predicted molar refractivity (Wildman–Crippen MR) is 72.0 cm³/mol. The molecule has 1 aromatic carbocycles. The van der Waals surface area contributed by atoms with E-state index in [2.05, 4.69) is 26.1 Å². The van der Waals surface area contributed by atoms with E-state index >= 15 is 0 Å². The molecular weight excluding hydrogens is 237 g/mol. The molecule has 0 spiro atoms. The summed E-state index contributed by atoms with van der Waals surface area (Å²) in [6.07, 6.45) is 1.98. The Morgan fingerprint density at radius 3 is 2.59 bits per heavy atom. The van der Waals surface area contributed by atoms with Crippen molar-refractivity contribution in [1.29, 1.82) is 0 Å². The molecule has 0 radical (unpaired) electrons. The van der Waals surface area contributed by atoms with Crippen LogP contribution in [0.4, 0.5) is 4.39 Å². The number of hydrogen-bond acceptors (Lipinski definition) is 1. The van der Waals surface area contributed by atoms with E-state index in [9.17, 15) is 4.39 Å². The number of hydrogen-bond donors (Lipinski definition) is 1. The molecule has 1 nitrogen and oxygen atoms in total. The van der Waals surface area contributed by atoms with E-state index in [-0.39, 0.29) is 5.82 Å². The molecule has 2 atom stereocenters. The molecule has 0 heterocycles. The average Bonchev–Trinajstić information content (AvgIpc) is 2.28. The molecule has 0 bridgehead atoms. The van der Waals surface area contributed by atoms with Crippen LogP contribution in [0, 0.1) is 11.7 Å². The van der Waals surface area contributed by atoms with Crippen molar-refractivity contribution >= 4 is 11.6 Å². The van der Waals surface area contributed by atoms with Crippen LogP contribution < -0.4 is 5.32 Å². The van der Waals surface area contributed by atoms with Crippen molar-refractivity contribution in [1.82, 2.24) is 5.32 Å². The van der Waals surface area contributed by atoms with E-state index in [1.54, 1.807) is 6.07 Å². The highest BCUT2D eigenvalue weighted by Crippen LogP contribution is 2.23. The minimum atomic E-state index is -0.272. The Morgan fingerprint density at radius 1 is 1.35 bits per heavy atom. The zero-order valence-corrected chi connectivity index (χ0v) is 11.5. The molecule has 0 saturated heterocycles. The fourth-order valence-corrected chi connectivity index (χ4v) is 2.38. The first-order valence-electron chi connectivity index (χ1n) is 6.25. The van der Waals surface area contributed by atoms with Crippen LogP contribution in [-0.2, 0) is 6.42 Å². The SMILES string of the molecule is CCNC(C)C(CC)Cc1ccc(F)cc1Cl. The molecule has 0 fully saturated rings. The Bertz CT molecular complexity index is 354. The van der Waals surface area contributed by atoms with E-state index in [1.165, 1.54) is 12.1 Å². The van der Waals surface area contributed by atoms with E-state index in [1.807, 2.05) is 0 Å². The van der Waals surface area contributed by atoms with Crippen molar-refractivity contribution in [3.63, 3.8) is 0 Å². The van der Waals surface area contributed by atoms with Gasteiger partial charge in [-0.2, -0.15) is 0 Å². The lowest BCUT2D eigenvalue weighted by atomic mass is 9.90. The molecule has 96 valence electrons. The highest BCUT2D eigenvalue weighted by molar-refractivity contribution is 6.31. The highest BCUT2D eigenvalue weighted by Gasteiger charge is 2.16. The Labute approximate surface area is 108 Å². The molecule has 1 N–H and O–H groups in total. The van der Waals surface area contributed by atoms with Crippen molar-refractivity contribution in [2.75, 3.05) is 6.54 Å². The second-order valence-electron chi connectivity index (χ2n) is 4.45. The summed E-state index contributed by atoms with van der Waals surface area (Å²) in [4.78, 5) is 0. The molecule has 1 rings (SSSR count). The lowest BCUT2D eigenvalue weighted by Crippen LogP contribution is -2.34. The van der Waals surface area contributed by atoms with Gasteiger partial charge in [-0.25, -0.2) is 4.39 Å². The van der Waals surface area contributed by atoms with E-state index in [0.717, 1.165) is 24.9 Å². The molecular formula is C14H21ClFN. The summed E-state index contributed by atoms with van der Waals surface area (Å²) >= 11 is 6.05. The van der Waals surface area contributed by atoms with Crippen molar-refractivity contribution in [2.24, 2.45) is 5.92 Å². The van der Waals surface area contributed by atoms with Gasteiger partial charge in [-0.3, -0.25) is 0 Å². The van der Waals surface area contributed by atoms with Crippen LogP contribution in [0.15, 0.2) is 18.2 Å². The minimum Gasteiger partial charge on any atom is -0.314 e. The largest absolute Gasteiger partial charge is 0.314 e. The van der Waals surface area contributed by atoms with E-state index < -0.39 is 0 Å². The molecule has 0 amide bonds. The quantitative estimate of drug-likeness (QED) is 0.811. The van der Waals surface area contributed by atoms with Gasteiger partial charge in [0.15, 0.2) is 0 Å². The summed E-state index contributed by atoms with van der Waals surface area (Å²) in [6.45, 7) is 7.44. The highest BCUT2D eigenvalue weighted by atomic mass is 35.5. The van der Waals surface area contributed by atoms with Gasteiger partial charge in [0.1, 0.15) is 5.82 Å². The fraction of sp³-hybridized carbons (Fsp3) is 0.571. The van der Waals surface area contributed by atoms with Gasteiger partial charge < -0.3 is 5.32 Å². The first kappa shape index (κ1) is 14.5. The van der Waals surface area contributed by atoms with Crippen LogP contribution in [0.25, 0.3) is 0 Å². The number of benzene rings is 1. The Kier molecular flexibility index (Phi) is 5.93. The molecule has 0 aliphatic rings. The summed E-state index contributed by atoms with van der Waals surface area (Å²) in [5, 5.41) is 3.96. The monoisotopic (exact) mass is 257 g/mol. The van der Waals surface area contributed by atoms with E-state index in [4.69, 9.17) is 11.6 Å². The van der Waals surface area contributed by atoms with Gasteiger partial charge in [-0.15, -0.1) is 0 Å². The van der Waals surface area contributed by atoms with Gasteiger partial charge in [-0.1, -0.05) is 37.9 Å². The summed E-state index contributed by atoms with van der Waals surface area (Å²) in [7, 11) is 0. The molecule has 2 unspecified atom stereocenters. The molecule has 3 heteroatoms. The van der Waals surface area contributed by atoms with Gasteiger partial charge >= 0.3 is 0 Å². The third-order valence-electron chi connectivity index (χ3n) is 3.25. The summed E-state index contributed by atoms with van der Waals surface area (Å²) in [5.74, 6) is 0.254. The Balaban J connectivity index is 2.73. The van der Waals surface area contributed by atoms with E-state index in [0.29, 0.717) is 17.0 Å². The lowest BCUT2D eigenvalue weighted by Gasteiger charge is -2.24. The van der Waals surface area contributed by atoms with Gasteiger partial charge in [0.25, 0.3) is 0 Å². The maximum absolute atomic E-state index is 12.9. The standard InChI is InChI=1S/C14H21ClFN/c1-4-11(10(3)17-5-2)8-12-6-7-13(16)9-14(12)15/h6-7,9-11,17H,4-5,8H2,1-3H3. The molecule has 0 aliphatic heterocycles. The van der Waals surface area contributed by atoms with Gasteiger partial charge in [0, 0.05) is 11.1 Å². The number of rotatable bonds is 6. The zero-order chi connectivity index (χ0) is 12.8. The summed E-state index contributed by atoms with van der Waals surface area (Å²) < 4.78 is 12.9. The average molecular weight is 258 g/mol. The maximum atomic E-state index is 12.9. The van der Waals surface area contributed by atoms with Crippen molar-refractivity contribution in [2.45, 2.75) is 39.7 Å². The normalized spacial score (nSPS) is 14.6. The fourth-order valence-electron chi connectivity index (χ4n) is 2.13. The molecule has 0 aliphatic carbocycles. The van der Waals surface area contributed by atoms with Crippen LogP contribution in [-0.4, -0.2) is 12.6 Å². The first-order valence-corrected chi connectivity index (χ1v) is 6.63. The van der Waals surface area contributed by atoms with Crippen LogP contribution in [0.5, 0.6) is 0 Å². The topological polar surface area (TPSA) is 12.0 Å². The van der Waals surface area contributed by atoms with Crippen LogP contribution in [0.2, 0.25) is 5.02 Å². The van der Waals surface area contributed by atoms with Crippen molar-refractivity contribution in [3.05, 3.63) is 34.6 Å². The number of halogens is 2. The number of nitrogens with one attached hydrogen (secondary N) is 1. The molecule has 0 aromatic heterocycles. The van der Waals surface area contributed by atoms with Crippen LogP contribution in [0.1, 0.15) is 32.8 Å². The van der Waals surface area contributed by atoms with Gasteiger partial charge in [0.2, 0.25) is 0 Å². The van der Waals surface area contributed by atoms with Crippen molar-refractivity contribution < 1.29 is 4.39 Å². The molecule has 17 heavy (non-hydrogen) atoms. The molecule has 1 aromatic rings. The van der Waals surface area contributed by atoms with Gasteiger partial charge in [0.05, 0.1) is 0 Å². The summed E-state index contributed by atoms with van der Waals surface area (Å²) in [5.41, 5.74) is 1.03. The first-order chi connectivity index (χ1) is 8.08. The third kappa shape index (κ3) is 4.29. The molecule has 0 saturated carbocycles. The smallest absolute Gasteiger partial charge is 0.124 e. The second kappa shape index (κ2) is 6.97. The van der Waals surface area contributed by atoms with Crippen LogP contribution in [0.3, 0.4) is 0 Å². The second-order valence-corrected chi connectivity index (χ2v) is 4.86. The predicted octanol–water partition coefficient (Wildman–Crippen LogP) is 4.05. The Hall–Kier alpha value is -0.600. The lowest BCUT2D eigenvalue weighted by molar-refractivity contribution is 0.368. The van der Waals surface area contributed by atoms with Gasteiger partial charge in [-0.05, 0) is 43.5 Å². The Morgan fingerprint density at radius 2 is 2.06 bits per heavy atom.